The van der Waals surface area contributed by atoms with Gasteiger partial charge in [-0.3, -0.25) is 4.79 Å². The first-order chi connectivity index (χ1) is 4.22. The van der Waals surface area contributed by atoms with Crippen LogP contribution in [0.4, 0.5) is 0 Å². The number of nitrogens with one attached hydrogen (secondary N) is 1. The Hall–Kier alpha value is -1.05. The molecule has 2 heteroatoms. The first-order valence-corrected chi connectivity index (χ1v) is 2.86. The molecule has 0 aromatic carbocycles. The van der Waals surface area contributed by atoms with Gasteiger partial charge in [-0.25, -0.2) is 0 Å². The zero-order valence-electron chi connectivity index (χ0n) is 5.56. The topological polar surface area (TPSA) is 32.9 Å². The summed E-state index contributed by atoms with van der Waals surface area (Å²) in [6, 6.07) is 0. The van der Waals surface area contributed by atoms with Gasteiger partial charge in [0.05, 0.1) is 0 Å². The van der Waals surface area contributed by atoms with Crippen molar-refractivity contribution < 1.29 is 4.79 Å². The number of carbonyl (C=O) groups is 1. The SMILES string of the molecule is CC(=O)c1c[nH]cc1C. The monoisotopic (exact) mass is 123 g/mol. The molecule has 0 spiro atoms. The number of hydrogen-bond donors (Lipinski definition) is 1. The van der Waals surface area contributed by atoms with Crippen LogP contribution in [0.2, 0.25) is 0 Å². The van der Waals surface area contributed by atoms with Gasteiger partial charge in [0, 0.05) is 18.0 Å². The van der Waals surface area contributed by atoms with Crippen molar-refractivity contribution in [2.45, 2.75) is 13.8 Å². The lowest BCUT2D eigenvalue weighted by atomic mass is 10.2. The van der Waals surface area contributed by atoms with Crippen molar-refractivity contribution in [2.75, 3.05) is 0 Å². The fourth-order valence-electron chi connectivity index (χ4n) is 0.821. The van der Waals surface area contributed by atoms with Gasteiger partial charge in [0.1, 0.15) is 0 Å². The van der Waals surface area contributed by atoms with E-state index in [1.807, 2.05) is 13.1 Å². The van der Waals surface area contributed by atoms with Gasteiger partial charge in [-0.05, 0) is 19.4 Å². The van der Waals surface area contributed by atoms with Crippen molar-refractivity contribution in [3.63, 3.8) is 0 Å². The minimum atomic E-state index is 0.119. The Kier molecular flexibility index (Phi) is 1.39. The largest absolute Gasteiger partial charge is 0.367 e. The van der Waals surface area contributed by atoms with E-state index in [1.165, 1.54) is 0 Å². The summed E-state index contributed by atoms with van der Waals surface area (Å²) in [5, 5.41) is 0. The highest BCUT2D eigenvalue weighted by Gasteiger charge is 2.01. The molecule has 0 aliphatic rings. The molecule has 0 aliphatic carbocycles. The van der Waals surface area contributed by atoms with Crippen LogP contribution in [0.25, 0.3) is 0 Å². The number of Topliss-reactive ketones (excluding diaryl/α,β-unsaturated/α-hetero) is 1. The van der Waals surface area contributed by atoms with Gasteiger partial charge in [0.25, 0.3) is 0 Å². The third kappa shape index (κ3) is 1.02. The van der Waals surface area contributed by atoms with Gasteiger partial charge >= 0.3 is 0 Å². The van der Waals surface area contributed by atoms with E-state index >= 15 is 0 Å². The molecule has 0 saturated carbocycles. The highest BCUT2D eigenvalue weighted by molar-refractivity contribution is 5.95. The highest BCUT2D eigenvalue weighted by Crippen LogP contribution is 2.05. The van der Waals surface area contributed by atoms with Gasteiger partial charge in [-0.2, -0.15) is 0 Å². The maximum Gasteiger partial charge on any atom is 0.161 e. The third-order valence-electron chi connectivity index (χ3n) is 1.33. The summed E-state index contributed by atoms with van der Waals surface area (Å²) in [6.45, 7) is 3.48. The first-order valence-electron chi connectivity index (χ1n) is 2.86. The molecule has 9 heavy (non-hydrogen) atoms. The fraction of sp³-hybridized carbons (Fsp3) is 0.286. The molecule has 1 aromatic rings. The predicted molar refractivity (Wildman–Crippen MR) is 35.5 cm³/mol. The molecule has 0 aliphatic heterocycles. The molecule has 0 fully saturated rings. The molecule has 1 aromatic heterocycles. The number of ketones is 1. The van der Waals surface area contributed by atoms with E-state index < -0.39 is 0 Å². The summed E-state index contributed by atoms with van der Waals surface area (Å²) in [7, 11) is 0. The lowest BCUT2D eigenvalue weighted by Gasteiger charge is -1.87. The van der Waals surface area contributed by atoms with Crippen molar-refractivity contribution in [1.82, 2.24) is 4.98 Å². The summed E-state index contributed by atoms with van der Waals surface area (Å²) in [5.41, 5.74) is 1.80. The molecule has 1 N–H and O–H groups in total. The summed E-state index contributed by atoms with van der Waals surface area (Å²) in [5.74, 6) is 0.119. The second-order valence-electron chi connectivity index (χ2n) is 2.11. The van der Waals surface area contributed by atoms with E-state index in [0.29, 0.717) is 0 Å². The van der Waals surface area contributed by atoms with E-state index in [4.69, 9.17) is 0 Å². The number of H-pyrrole nitrogens is 1. The van der Waals surface area contributed by atoms with E-state index in [1.54, 1.807) is 13.1 Å². The second-order valence-corrected chi connectivity index (χ2v) is 2.11. The van der Waals surface area contributed by atoms with Crippen molar-refractivity contribution >= 4 is 5.78 Å². The Labute approximate surface area is 53.9 Å². The van der Waals surface area contributed by atoms with Gasteiger partial charge < -0.3 is 4.98 Å². The Bertz CT molecular complexity index is 225. The fourth-order valence-corrected chi connectivity index (χ4v) is 0.821. The Balaban J connectivity index is 3.08. The van der Waals surface area contributed by atoms with Crippen LogP contribution in [0, 0.1) is 6.92 Å². The van der Waals surface area contributed by atoms with Crippen molar-refractivity contribution in [3.05, 3.63) is 23.5 Å². The molecule has 2 nitrogen and oxygen atoms in total. The Morgan fingerprint density at radius 1 is 1.56 bits per heavy atom. The average molecular weight is 123 g/mol. The molecule has 0 saturated heterocycles. The minimum Gasteiger partial charge on any atom is -0.367 e. The normalized spacial score (nSPS) is 9.56. The predicted octanol–water partition coefficient (Wildman–Crippen LogP) is 1.53. The van der Waals surface area contributed by atoms with Crippen LogP contribution >= 0.6 is 0 Å². The smallest absolute Gasteiger partial charge is 0.161 e. The van der Waals surface area contributed by atoms with Gasteiger partial charge in [-0.15, -0.1) is 0 Å². The number of aromatic amines is 1. The summed E-state index contributed by atoms with van der Waals surface area (Å²) in [4.78, 5) is 13.6. The number of aryl methyl sites for hydroxylation is 1. The number of rotatable bonds is 1. The van der Waals surface area contributed by atoms with Crippen LogP contribution in [0.15, 0.2) is 12.4 Å². The third-order valence-corrected chi connectivity index (χ3v) is 1.33. The second kappa shape index (κ2) is 2.05. The minimum absolute atomic E-state index is 0.119. The quantitative estimate of drug-likeness (QED) is 0.564. The molecule has 0 atom stereocenters. The maximum absolute atomic E-state index is 10.7. The lowest BCUT2D eigenvalue weighted by molar-refractivity contribution is 0.101. The van der Waals surface area contributed by atoms with Gasteiger partial charge in [0.2, 0.25) is 0 Å². The zero-order chi connectivity index (χ0) is 6.85. The van der Waals surface area contributed by atoms with E-state index in [0.717, 1.165) is 11.1 Å². The standard InChI is InChI=1S/C7H9NO/c1-5-3-8-4-7(5)6(2)9/h3-4,8H,1-2H3. The molecule has 1 rings (SSSR count). The maximum atomic E-state index is 10.7. The molecule has 0 unspecified atom stereocenters. The highest BCUT2D eigenvalue weighted by atomic mass is 16.1. The average Bonchev–Trinajstić information content (AvgIpc) is 2.13. The summed E-state index contributed by atoms with van der Waals surface area (Å²) in [6.07, 6.45) is 3.54. The Morgan fingerprint density at radius 3 is 2.44 bits per heavy atom. The molecule has 48 valence electrons. The molecule has 1 heterocycles. The van der Waals surface area contributed by atoms with Crippen molar-refractivity contribution in [2.24, 2.45) is 0 Å². The molecule has 0 bridgehead atoms. The van der Waals surface area contributed by atoms with Crippen molar-refractivity contribution in [3.8, 4) is 0 Å². The van der Waals surface area contributed by atoms with Crippen LogP contribution in [-0.4, -0.2) is 10.8 Å². The van der Waals surface area contributed by atoms with Crippen LogP contribution in [-0.2, 0) is 0 Å². The molecular formula is C7H9NO. The van der Waals surface area contributed by atoms with Crippen LogP contribution in [0.3, 0.4) is 0 Å². The zero-order valence-corrected chi connectivity index (χ0v) is 5.56. The molecule has 0 radical (unpaired) electrons. The number of carbonyl (C=O) groups excluding carboxylic acids is 1. The molecular weight excluding hydrogens is 114 g/mol. The Morgan fingerprint density at radius 2 is 2.22 bits per heavy atom. The lowest BCUT2D eigenvalue weighted by Crippen LogP contribution is -1.89. The van der Waals surface area contributed by atoms with Crippen LogP contribution in [0.5, 0.6) is 0 Å². The first kappa shape index (κ1) is 6.08. The van der Waals surface area contributed by atoms with E-state index in [9.17, 15) is 4.79 Å². The van der Waals surface area contributed by atoms with E-state index in [-0.39, 0.29) is 5.78 Å². The van der Waals surface area contributed by atoms with Crippen molar-refractivity contribution in [1.29, 1.82) is 0 Å². The van der Waals surface area contributed by atoms with E-state index in [2.05, 4.69) is 4.98 Å². The van der Waals surface area contributed by atoms with Gasteiger partial charge in [0.15, 0.2) is 5.78 Å². The molecule has 0 amide bonds. The van der Waals surface area contributed by atoms with Crippen LogP contribution < -0.4 is 0 Å². The number of aromatic nitrogens is 1. The number of hydrogen-bond acceptors (Lipinski definition) is 1. The van der Waals surface area contributed by atoms with Crippen LogP contribution in [0.1, 0.15) is 22.8 Å². The summed E-state index contributed by atoms with van der Waals surface area (Å²) >= 11 is 0. The summed E-state index contributed by atoms with van der Waals surface area (Å²) < 4.78 is 0. The van der Waals surface area contributed by atoms with Gasteiger partial charge in [-0.1, -0.05) is 0 Å².